The van der Waals surface area contributed by atoms with Crippen LogP contribution in [0.15, 0.2) is 36.4 Å². The minimum absolute atomic E-state index is 0.155. The number of fused-ring (bicyclic) bond motifs is 1. The highest BCUT2D eigenvalue weighted by Crippen LogP contribution is 2.36. The number of rotatable bonds is 5. The molecule has 9 heteroatoms. The first-order valence-electron chi connectivity index (χ1n) is 9.46. The van der Waals surface area contributed by atoms with E-state index in [2.05, 4.69) is 10.6 Å². The first kappa shape index (κ1) is 22.1. The average molecular weight is 449 g/mol. The number of hydrogen-bond acceptors (Lipinski definition) is 4. The first-order valence-corrected chi connectivity index (χ1v) is 10.2. The van der Waals surface area contributed by atoms with E-state index < -0.39 is 6.04 Å². The van der Waals surface area contributed by atoms with Crippen LogP contribution in [0.25, 0.3) is 0 Å². The van der Waals surface area contributed by atoms with Crippen LogP contribution in [0.5, 0.6) is 0 Å². The summed E-state index contributed by atoms with van der Waals surface area (Å²) in [6, 6.07) is 8.66. The molecule has 0 bridgehead atoms. The lowest BCUT2D eigenvalue weighted by atomic mass is 9.95. The Labute approximate surface area is 184 Å². The van der Waals surface area contributed by atoms with Gasteiger partial charge in [-0.05, 0) is 42.3 Å². The van der Waals surface area contributed by atoms with Crippen LogP contribution in [0, 0.1) is 5.92 Å². The second-order valence-electron chi connectivity index (χ2n) is 7.26. The molecule has 4 N–H and O–H groups in total. The van der Waals surface area contributed by atoms with Crippen molar-refractivity contribution in [3.05, 3.63) is 57.6 Å². The van der Waals surface area contributed by atoms with E-state index >= 15 is 0 Å². The maximum atomic E-state index is 13.4. The lowest BCUT2D eigenvalue weighted by Gasteiger charge is -2.38. The van der Waals surface area contributed by atoms with Gasteiger partial charge in [-0.2, -0.15) is 0 Å². The van der Waals surface area contributed by atoms with Gasteiger partial charge in [0, 0.05) is 24.2 Å². The highest BCUT2D eigenvalue weighted by molar-refractivity contribution is 6.42. The molecule has 2 aromatic carbocycles. The average Bonchev–Trinajstić information content (AvgIpc) is 2.71. The van der Waals surface area contributed by atoms with Crippen molar-refractivity contribution in [3.63, 3.8) is 0 Å². The van der Waals surface area contributed by atoms with Gasteiger partial charge in [0.25, 0.3) is 11.8 Å². The van der Waals surface area contributed by atoms with E-state index in [0.717, 1.165) is 0 Å². The molecule has 1 heterocycles. The monoisotopic (exact) mass is 448 g/mol. The van der Waals surface area contributed by atoms with E-state index in [0.29, 0.717) is 40.6 Å². The molecule has 30 heavy (non-hydrogen) atoms. The third-order valence-electron chi connectivity index (χ3n) is 4.77. The van der Waals surface area contributed by atoms with Crippen molar-refractivity contribution in [2.24, 2.45) is 11.7 Å². The van der Waals surface area contributed by atoms with E-state index in [1.54, 1.807) is 24.3 Å². The second-order valence-corrected chi connectivity index (χ2v) is 8.07. The zero-order chi connectivity index (χ0) is 22.0. The molecule has 0 fully saturated rings. The van der Waals surface area contributed by atoms with Crippen LogP contribution in [-0.4, -0.2) is 36.9 Å². The summed E-state index contributed by atoms with van der Waals surface area (Å²) in [5, 5.41) is 6.07. The molecular weight excluding hydrogens is 427 g/mol. The molecule has 7 nitrogen and oxygen atoms in total. The molecule has 158 valence electrons. The maximum Gasteiger partial charge on any atom is 0.259 e. The first-order chi connectivity index (χ1) is 14.2. The standard InChI is InChI=1S/C21H22Cl2N4O3/c1-11(2)18-20(29)26-16-10-12(19(28)25-8-7-24)4-6-17(16)27(18)21(30)13-3-5-14(22)15(23)9-13/h3-6,9-11,18H,7-8,24H2,1-2H3,(H,25,28)(H,26,29). The smallest absolute Gasteiger partial charge is 0.259 e. The van der Waals surface area contributed by atoms with Crippen molar-refractivity contribution in [2.75, 3.05) is 23.3 Å². The number of nitrogens with zero attached hydrogens (tertiary/aromatic N) is 1. The lowest BCUT2D eigenvalue weighted by molar-refractivity contribution is -0.118. The van der Waals surface area contributed by atoms with Gasteiger partial charge in [0.2, 0.25) is 5.91 Å². The van der Waals surface area contributed by atoms with E-state index in [1.807, 2.05) is 13.8 Å². The van der Waals surface area contributed by atoms with Crippen LogP contribution < -0.4 is 21.3 Å². The van der Waals surface area contributed by atoms with Gasteiger partial charge < -0.3 is 16.4 Å². The Morgan fingerprint density at radius 2 is 1.83 bits per heavy atom. The third kappa shape index (κ3) is 4.28. The molecule has 3 rings (SSSR count). The van der Waals surface area contributed by atoms with Gasteiger partial charge in [0.1, 0.15) is 6.04 Å². The zero-order valence-electron chi connectivity index (χ0n) is 16.5. The fraction of sp³-hybridized carbons (Fsp3) is 0.286. The Bertz CT molecular complexity index is 1010. The van der Waals surface area contributed by atoms with Gasteiger partial charge in [-0.3, -0.25) is 19.3 Å². The summed E-state index contributed by atoms with van der Waals surface area (Å²) in [6.45, 7) is 4.37. The molecule has 2 aromatic rings. The zero-order valence-corrected chi connectivity index (χ0v) is 18.1. The molecule has 3 amide bonds. The predicted molar refractivity (Wildman–Crippen MR) is 118 cm³/mol. The molecule has 0 aromatic heterocycles. The number of nitrogens with one attached hydrogen (secondary N) is 2. The molecule has 0 saturated heterocycles. The quantitative estimate of drug-likeness (QED) is 0.652. The van der Waals surface area contributed by atoms with Crippen molar-refractivity contribution in [1.29, 1.82) is 0 Å². The predicted octanol–water partition coefficient (Wildman–Crippen LogP) is 3.31. The minimum Gasteiger partial charge on any atom is -0.351 e. The summed E-state index contributed by atoms with van der Waals surface area (Å²) in [7, 11) is 0. The van der Waals surface area contributed by atoms with Crippen LogP contribution >= 0.6 is 23.2 Å². The van der Waals surface area contributed by atoms with Crippen molar-refractivity contribution in [1.82, 2.24) is 5.32 Å². The van der Waals surface area contributed by atoms with Crippen molar-refractivity contribution >= 4 is 52.3 Å². The van der Waals surface area contributed by atoms with Gasteiger partial charge in [0.05, 0.1) is 21.4 Å². The molecule has 0 radical (unpaired) electrons. The second kappa shape index (κ2) is 9.04. The molecule has 0 aliphatic carbocycles. The highest BCUT2D eigenvalue weighted by atomic mass is 35.5. The summed E-state index contributed by atoms with van der Waals surface area (Å²) >= 11 is 12.1. The fourth-order valence-electron chi connectivity index (χ4n) is 3.35. The molecule has 1 aliphatic heterocycles. The number of amides is 3. The molecule has 1 unspecified atom stereocenters. The molecular formula is C21H22Cl2N4O3. The van der Waals surface area contributed by atoms with Gasteiger partial charge in [-0.25, -0.2) is 0 Å². The van der Waals surface area contributed by atoms with Crippen LogP contribution in [0.4, 0.5) is 11.4 Å². The Kier molecular flexibility index (Phi) is 6.65. The number of anilines is 2. The van der Waals surface area contributed by atoms with E-state index in [9.17, 15) is 14.4 Å². The van der Waals surface area contributed by atoms with Crippen LogP contribution in [0.2, 0.25) is 10.0 Å². The molecule has 0 saturated carbocycles. The van der Waals surface area contributed by atoms with E-state index in [-0.39, 0.29) is 28.7 Å². The normalized spacial score (nSPS) is 15.6. The lowest BCUT2D eigenvalue weighted by Crippen LogP contribution is -2.53. The molecule has 1 aliphatic rings. The number of nitrogens with two attached hydrogens (primary N) is 1. The van der Waals surface area contributed by atoms with Crippen LogP contribution in [0.3, 0.4) is 0 Å². The number of carbonyl (C=O) groups is 3. The molecule has 0 spiro atoms. The summed E-state index contributed by atoms with van der Waals surface area (Å²) in [4.78, 5) is 40.0. The van der Waals surface area contributed by atoms with Crippen molar-refractivity contribution in [2.45, 2.75) is 19.9 Å². The van der Waals surface area contributed by atoms with Gasteiger partial charge in [-0.1, -0.05) is 37.0 Å². The van der Waals surface area contributed by atoms with Crippen molar-refractivity contribution in [3.8, 4) is 0 Å². The minimum atomic E-state index is -0.726. The Balaban J connectivity index is 2.06. The maximum absolute atomic E-state index is 13.4. The summed E-state index contributed by atoms with van der Waals surface area (Å²) < 4.78 is 0. The summed E-state index contributed by atoms with van der Waals surface area (Å²) in [5.41, 5.74) is 6.96. The number of carbonyl (C=O) groups excluding carboxylic acids is 3. The largest absolute Gasteiger partial charge is 0.351 e. The Hall–Kier alpha value is -2.61. The van der Waals surface area contributed by atoms with E-state index in [4.69, 9.17) is 28.9 Å². The topological polar surface area (TPSA) is 105 Å². The summed E-state index contributed by atoms with van der Waals surface area (Å²) in [5.74, 6) is -1.18. The van der Waals surface area contributed by atoms with Crippen molar-refractivity contribution < 1.29 is 14.4 Å². The highest BCUT2D eigenvalue weighted by Gasteiger charge is 2.39. The fourth-order valence-corrected chi connectivity index (χ4v) is 3.65. The number of benzene rings is 2. The Morgan fingerprint density at radius 3 is 2.47 bits per heavy atom. The Morgan fingerprint density at radius 1 is 1.13 bits per heavy atom. The number of hydrogen-bond donors (Lipinski definition) is 3. The van der Waals surface area contributed by atoms with E-state index in [1.165, 1.54) is 17.0 Å². The van der Waals surface area contributed by atoms with Crippen LogP contribution in [0.1, 0.15) is 34.6 Å². The summed E-state index contributed by atoms with van der Waals surface area (Å²) in [6.07, 6.45) is 0. The van der Waals surface area contributed by atoms with Gasteiger partial charge in [0.15, 0.2) is 0 Å². The molecule has 1 atom stereocenters. The SMILES string of the molecule is CC(C)C1C(=O)Nc2cc(C(=O)NCCN)ccc2N1C(=O)c1ccc(Cl)c(Cl)c1. The number of halogens is 2. The van der Waals surface area contributed by atoms with Crippen LogP contribution in [-0.2, 0) is 4.79 Å². The van der Waals surface area contributed by atoms with Gasteiger partial charge in [-0.15, -0.1) is 0 Å². The third-order valence-corrected chi connectivity index (χ3v) is 5.51. The van der Waals surface area contributed by atoms with Gasteiger partial charge >= 0.3 is 0 Å².